The number of benzene rings is 2. The predicted octanol–water partition coefficient (Wildman–Crippen LogP) is 9.11. The summed E-state index contributed by atoms with van der Waals surface area (Å²) in [6.07, 6.45) is 3.07. The van der Waals surface area contributed by atoms with E-state index in [4.69, 9.17) is 52.0 Å². The van der Waals surface area contributed by atoms with Gasteiger partial charge in [0, 0.05) is 36.4 Å². The van der Waals surface area contributed by atoms with Crippen LogP contribution in [0.2, 0.25) is 15.1 Å². The monoisotopic (exact) mass is 637 g/mol. The van der Waals surface area contributed by atoms with Crippen molar-refractivity contribution in [2.45, 2.75) is 46.2 Å². The molecule has 2 aliphatic heterocycles. The molecule has 5 nitrogen and oxygen atoms in total. The quantitative estimate of drug-likeness (QED) is 0.221. The first-order valence-corrected chi connectivity index (χ1v) is 15.9. The predicted molar refractivity (Wildman–Crippen MR) is 180 cm³/mol. The van der Waals surface area contributed by atoms with Crippen molar-refractivity contribution in [3.05, 3.63) is 105 Å². The number of thiocarbonyl (C=S) groups is 1. The lowest BCUT2D eigenvalue weighted by Crippen LogP contribution is -2.38. The zero-order valence-electron chi connectivity index (χ0n) is 24.1. The molecule has 0 amide bonds. The number of hydrogen-bond donors (Lipinski definition) is 1. The third kappa shape index (κ3) is 5.28. The molecule has 2 aromatic heterocycles. The van der Waals surface area contributed by atoms with Crippen LogP contribution >= 0.6 is 47.0 Å². The molecule has 2 aromatic carbocycles. The minimum absolute atomic E-state index is 0.176. The smallest absolute Gasteiger partial charge is 0.174 e. The van der Waals surface area contributed by atoms with Crippen molar-refractivity contribution in [1.82, 2.24) is 14.9 Å². The second kappa shape index (κ2) is 11.7. The van der Waals surface area contributed by atoms with Crippen LogP contribution in [0.5, 0.6) is 0 Å². The molecule has 6 rings (SSSR count). The highest BCUT2D eigenvalue weighted by Gasteiger charge is 2.42. The van der Waals surface area contributed by atoms with Crippen molar-refractivity contribution in [2.24, 2.45) is 11.8 Å². The van der Waals surface area contributed by atoms with E-state index in [1.165, 1.54) is 6.42 Å². The van der Waals surface area contributed by atoms with Crippen LogP contribution in [-0.2, 0) is 0 Å². The normalized spacial score (nSPS) is 22.5. The Morgan fingerprint density at radius 1 is 0.881 bits per heavy atom. The summed E-state index contributed by atoms with van der Waals surface area (Å²) >= 11 is 26.2. The van der Waals surface area contributed by atoms with Gasteiger partial charge in [0.05, 0.1) is 44.2 Å². The Morgan fingerprint density at radius 3 is 2.33 bits per heavy atom. The molecule has 2 fully saturated rings. The van der Waals surface area contributed by atoms with Gasteiger partial charge >= 0.3 is 0 Å². The fourth-order valence-corrected chi connectivity index (χ4v) is 7.85. The number of nitrogens with one attached hydrogen (secondary N) is 1. The van der Waals surface area contributed by atoms with E-state index in [1.807, 2.05) is 36.5 Å². The van der Waals surface area contributed by atoms with Crippen LogP contribution in [0, 0.1) is 25.7 Å². The highest BCUT2D eigenvalue weighted by atomic mass is 35.5. The molecule has 0 spiro atoms. The van der Waals surface area contributed by atoms with Crippen LogP contribution in [0.4, 0.5) is 11.4 Å². The van der Waals surface area contributed by atoms with Crippen LogP contribution in [0.3, 0.4) is 0 Å². The minimum atomic E-state index is -0.178. The van der Waals surface area contributed by atoms with Crippen molar-refractivity contribution in [2.75, 3.05) is 22.9 Å². The zero-order valence-corrected chi connectivity index (χ0v) is 27.2. The van der Waals surface area contributed by atoms with Crippen molar-refractivity contribution in [3.63, 3.8) is 0 Å². The summed E-state index contributed by atoms with van der Waals surface area (Å²) in [7, 11) is 0. The number of pyridine rings is 1. The largest absolute Gasteiger partial charge is 0.370 e. The Labute approximate surface area is 268 Å². The highest BCUT2D eigenvalue weighted by Crippen LogP contribution is 2.46. The fraction of sp³-hybridized carbons (Fsp3) is 0.333. The summed E-state index contributed by atoms with van der Waals surface area (Å²) in [5.41, 5.74) is 6.99. The SMILES string of the molecule is Cc1cc([C@@H]2[C@@H](c3ccccn3)NC(=S)N2c2ccc(N3C[C@H](C)C[C@H](C)C3)c(Cl)c2)c(C)n1-c1cccc(Cl)c1Cl. The number of aromatic nitrogens is 2. The van der Waals surface area contributed by atoms with E-state index >= 15 is 0 Å². The Hall–Kier alpha value is -2.77. The van der Waals surface area contributed by atoms with Crippen LogP contribution in [0.1, 0.15) is 55.0 Å². The van der Waals surface area contributed by atoms with Crippen LogP contribution < -0.4 is 15.1 Å². The molecule has 0 unspecified atom stereocenters. The Balaban J connectivity index is 1.45. The van der Waals surface area contributed by atoms with Gasteiger partial charge in [0.2, 0.25) is 0 Å². The molecule has 0 bridgehead atoms. The van der Waals surface area contributed by atoms with Gasteiger partial charge in [0.1, 0.15) is 0 Å². The summed E-state index contributed by atoms with van der Waals surface area (Å²) in [6.45, 7) is 10.8. The van der Waals surface area contributed by atoms with Crippen molar-refractivity contribution < 1.29 is 0 Å². The first kappa shape index (κ1) is 29.3. The number of nitrogens with zero attached hydrogens (tertiary/aromatic N) is 4. The molecule has 4 aromatic rings. The number of hydrogen-bond acceptors (Lipinski definition) is 3. The Bertz CT molecular complexity index is 1630. The maximum absolute atomic E-state index is 7.03. The fourth-order valence-electron chi connectivity index (χ4n) is 6.83. The molecular weight excluding hydrogens is 605 g/mol. The van der Waals surface area contributed by atoms with Crippen LogP contribution in [-0.4, -0.2) is 27.8 Å². The molecule has 4 heterocycles. The van der Waals surface area contributed by atoms with Gasteiger partial charge in [-0.15, -0.1) is 0 Å². The second-order valence-corrected chi connectivity index (χ2v) is 13.3. The maximum atomic E-state index is 7.03. The average Bonchev–Trinajstić information content (AvgIpc) is 3.45. The first-order valence-electron chi connectivity index (χ1n) is 14.3. The summed E-state index contributed by atoms with van der Waals surface area (Å²) in [5, 5.41) is 5.98. The van der Waals surface area contributed by atoms with Crippen molar-refractivity contribution >= 4 is 63.5 Å². The first-order chi connectivity index (χ1) is 20.1. The molecule has 1 N–H and O–H groups in total. The summed E-state index contributed by atoms with van der Waals surface area (Å²) in [6, 6.07) is 19.9. The van der Waals surface area contributed by atoms with Gasteiger partial charge in [-0.3, -0.25) is 4.98 Å². The van der Waals surface area contributed by atoms with Crippen molar-refractivity contribution in [1.29, 1.82) is 0 Å². The van der Waals surface area contributed by atoms with E-state index in [0.29, 0.717) is 27.0 Å². The van der Waals surface area contributed by atoms with Gasteiger partial charge in [-0.25, -0.2) is 0 Å². The number of piperidine rings is 1. The zero-order chi connectivity index (χ0) is 29.7. The number of anilines is 2. The van der Waals surface area contributed by atoms with Crippen LogP contribution in [0.15, 0.2) is 66.9 Å². The van der Waals surface area contributed by atoms with E-state index in [9.17, 15) is 0 Å². The topological polar surface area (TPSA) is 36.3 Å². The van der Waals surface area contributed by atoms with Gasteiger partial charge in [-0.2, -0.15) is 0 Å². The molecule has 218 valence electrons. The van der Waals surface area contributed by atoms with E-state index in [1.54, 1.807) is 6.07 Å². The second-order valence-electron chi connectivity index (χ2n) is 11.7. The lowest BCUT2D eigenvalue weighted by Gasteiger charge is -2.37. The van der Waals surface area contributed by atoms with Gasteiger partial charge in [0.25, 0.3) is 0 Å². The summed E-state index contributed by atoms with van der Waals surface area (Å²) in [4.78, 5) is 9.32. The molecule has 0 aliphatic carbocycles. The Kier molecular flexibility index (Phi) is 8.18. The maximum Gasteiger partial charge on any atom is 0.174 e. The number of halogens is 3. The number of aryl methyl sites for hydroxylation is 1. The lowest BCUT2D eigenvalue weighted by molar-refractivity contribution is 0.357. The van der Waals surface area contributed by atoms with E-state index in [-0.39, 0.29) is 12.1 Å². The van der Waals surface area contributed by atoms with E-state index in [0.717, 1.165) is 57.8 Å². The molecular formula is C33H34Cl3N5S. The van der Waals surface area contributed by atoms with Crippen LogP contribution in [0.25, 0.3) is 5.69 Å². The third-order valence-corrected chi connectivity index (χ3v) is 9.90. The molecule has 9 heteroatoms. The van der Waals surface area contributed by atoms with Gasteiger partial charge < -0.3 is 19.7 Å². The highest BCUT2D eigenvalue weighted by molar-refractivity contribution is 7.80. The lowest BCUT2D eigenvalue weighted by atomic mass is 9.91. The third-order valence-electron chi connectivity index (χ3n) is 8.48. The minimum Gasteiger partial charge on any atom is -0.370 e. The van der Waals surface area contributed by atoms with Gasteiger partial charge in [-0.05, 0) is 98.4 Å². The summed E-state index contributed by atoms with van der Waals surface area (Å²) < 4.78 is 2.16. The molecule has 2 saturated heterocycles. The molecule has 0 saturated carbocycles. The number of rotatable bonds is 5. The van der Waals surface area contributed by atoms with E-state index in [2.05, 4.69) is 71.6 Å². The van der Waals surface area contributed by atoms with Gasteiger partial charge in [-0.1, -0.05) is 60.8 Å². The van der Waals surface area contributed by atoms with Gasteiger partial charge in [0.15, 0.2) is 5.11 Å². The molecule has 4 atom stereocenters. The summed E-state index contributed by atoms with van der Waals surface area (Å²) in [5.74, 6) is 1.26. The average molecular weight is 639 g/mol. The standard InChI is InChI=1S/C33H34Cl3N5S/c1-19-14-20(2)18-39(17-19)28-12-11-23(16-26(28)35)41-32(31(38-33(41)42)27-9-5-6-13-37-27)24-15-21(3)40(22(24)4)29-10-7-8-25(34)30(29)36/h5-13,15-16,19-20,31-32H,14,17-18H2,1-4H3,(H,38,42)/t19-,20+,31-,32-/m1/s1. The molecule has 42 heavy (non-hydrogen) atoms. The van der Waals surface area contributed by atoms with E-state index < -0.39 is 0 Å². The van der Waals surface area contributed by atoms with Crippen molar-refractivity contribution in [3.8, 4) is 5.69 Å². The Morgan fingerprint density at radius 2 is 1.64 bits per heavy atom. The molecule has 0 radical (unpaired) electrons. The molecule has 2 aliphatic rings.